The molecule has 1 N–H and O–H groups in total. The Kier molecular flexibility index (Phi) is 5.37. The molecule has 0 radical (unpaired) electrons. The zero-order valence-electron chi connectivity index (χ0n) is 12.9. The van der Waals surface area contributed by atoms with Gasteiger partial charge in [-0.2, -0.15) is 0 Å². The Labute approximate surface area is 126 Å². The molecule has 114 valence electrons. The zero-order chi connectivity index (χ0) is 15.2. The van der Waals surface area contributed by atoms with Gasteiger partial charge in [-0.25, -0.2) is 0 Å². The molecule has 21 heavy (non-hydrogen) atoms. The van der Waals surface area contributed by atoms with Crippen LogP contribution < -0.4 is 5.32 Å². The first kappa shape index (κ1) is 15.5. The highest BCUT2D eigenvalue weighted by Gasteiger charge is 2.22. The average Bonchev–Trinajstić information content (AvgIpc) is 2.48. The first-order chi connectivity index (χ1) is 10.1. The van der Waals surface area contributed by atoms with Gasteiger partial charge in [-0.1, -0.05) is 18.2 Å². The molecule has 2 rings (SSSR count). The first-order valence-electron chi connectivity index (χ1n) is 7.73. The third kappa shape index (κ3) is 4.06. The van der Waals surface area contributed by atoms with Crippen molar-refractivity contribution in [1.29, 1.82) is 0 Å². The third-order valence-corrected chi connectivity index (χ3v) is 4.14. The lowest BCUT2D eigenvalue weighted by molar-refractivity contribution is -0.134. The number of carbonyl (C=O) groups is 2. The van der Waals surface area contributed by atoms with Gasteiger partial charge in [0.25, 0.3) is 5.91 Å². The van der Waals surface area contributed by atoms with Gasteiger partial charge in [-0.05, 0) is 44.7 Å². The molecule has 1 aliphatic rings. The second-order valence-electron chi connectivity index (χ2n) is 5.75. The number of hydrogen-bond donors (Lipinski definition) is 1. The predicted molar refractivity (Wildman–Crippen MR) is 83.2 cm³/mol. The van der Waals surface area contributed by atoms with Crippen LogP contribution >= 0.6 is 0 Å². The van der Waals surface area contributed by atoms with Gasteiger partial charge in [-0.3, -0.25) is 9.59 Å². The van der Waals surface area contributed by atoms with E-state index in [1.165, 1.54) is 6.42 Å². The van der Waals surface area contributed by atoms with E-state index in [4.69, 9.17) is 0 Å². The number of rotatable bonds is 4. The summed E-state index contributed by atoms with van der Waals surface area (Å²) in [5.74, 6) is 0.0416. The fraction of sp³-hybridized carbons (Fsp3) is 0.529. The van der Waals surface area contributed by atoms with Crippen molar-refractivity contribution in [3.63, 3.8) is 0 Å². The van der Waals surface area contributed by atoms with E-state index in [1.54, 1.807) is 6.07 Å². The number of hydrogen-bond acceptors (Lipinski definition) is 2. The predicted octanol–water partition coefficient (Wildman–Crippen LogP) is 2.52. The second kappa shape index (κ2) is 7.25. The van der Waals surface area contributed by atoms with Crippen LogP contribution in [0.5, 0.6) is 0 Å². The van der Waals surface area contributed by atoms with Crippen molar-refractivity contribution in [3.05, 3.63) is 35.4 Å². The number of piperidine rings is 1. The van der Waals surface area contributed by atoms with Crippen LogP contribution in [0.3, 0.4) is 0 Å². The minimum Gasteiger partial charge on any atom is -0.352 e. The highest BCUT2D eigenvalue weighted by Crippen LogP contribution is 2.17. The van der Waals surface area contributed by atoms with E-state index in [-0.39, 0.29) is 11.8 Å². The van der Waals surface area contributed by atoms with Gasteiger partial charge in [0.15, 0.2) is 0 Å². The number of aryl methyl sites for hydroxylation is 1. The molecule has 0 aromatic heterocycles. The summed E-state index contributed by atoms with van der Waals surface area (Å²) in [7, 11) is 0. The molecule has 1 saturated heterocycles. The summed E-state index contributed by atoms with van der Waals surface area (Å²) >= 11 is 0. The van der Waals surface area contributed by atoms with E-state index in [1.807, 2.05) is 30.0 Å². The van der Waals surface area contributed by atoms with E-state index in [0.717, 1.165) is 24.9 Å². The van der Waals surface area contributed by atoms with Crippen molar-refractivity contribution in [3.8, 4) is 0 Å². The maximum absolute atomic E-state index is 12.2. The van der Waals surface area contributed by atoms with Gasteiger partial charge < -0.3 is 10.2 Å². The van der Waals surface area contributed by atoms with E-state index in [9.17, 15) is 9.59 Å². The molecule has 0 saturated carbocycles. The molecule has 1 fully saturated rings. The number of nitrogens with one attached hydrogen (secondary N) is 1. The van der Waals surface area contributed by atoms with E-state index >= 15 is 0 Å². The molecule has 1 heterocycles. The molecule has 2 amide bonds. The quantitative estimate of drug-likeness (QED) is 0.925. The van der Waals surface area contributed by atoms with Gasteiger partial charge in [0.05, 0.1) is 0 Å². The average molecular weight is 288 g/mol. The topological polar surface area (TPSA) is 49.4 Å². The van der Waals surface area contributed by atoms with Crippen LogP contribution in [0.4, 0.5) is 0 Å². The molecule has 1 atom stereocenters. The summed E-state index contributed by atoms with van der Waals surface area (Å²) in [5.41, 5.74) is 1.63. The molecule has 0 spiro atoms. The SMILES string of the molecule is Cc1ccccc1C(=O)NCCC(=O)N1CCCCC1C. The van der Waals surface area contributed by atoms with Crippen molar-refractivity contribution in [2.75, 3.05) is 13.1 Å². The van der Waals surface area contributed by atoms with Crippen LogP contribution in [0.25, 0.3) is 0 Å². The van der Waals surface area contributed by atoms with Crippen LogP contribution in [-0.4, -0.2) is 35.8 Å². The van der Waals surface area contributed by atoms with Crippen molar-refractivity contribution < 1.29 is 9.59 Å². The van der Waals surface area contributed by atoms with Crippen LogP contribution in [0.1, 0.15) is 48.5 Å². The summed E-state index contributed by atoms with van der Waals surface area (Å²) < 4.78 is 0. The molecule has 1 aromatic carbocycles. The lowest BCUT2D eigenvalue weighted by Crippen LogP contribution is -2.43. The lowest BCUT2D eigenvalue weighted by Gasteiger charge is -2.33. The van der Waals surface area contributed by atoms with Crippen molar-refractivity contribution in [2.24, 2.45) is 0 Å². The fourth-order valence-electron chi connectivity index (χ4n) is 2.82. The van der Waals surface area contributed by atoms with E-state index in [0.29, 0.717) is 24.6 Å². The standard InChI is InChI=1S/C17H24N2O2/c1-13-7-3-4-9-15(13)17(21)18-11-10-16(20)19-12-6-5-8-14(19)2/h3-4,7,9,14H,5-6,8,10-12H2,1-2H3,(H,18,21). The monoisotopic (exact) mass is 288 g/mol. The minimum atomic E-state index is -0.104. The fourth-order valence-corrected chi connectivity index (χ4v) is 2.82. The summed E-state index contributed by atoms with van der Waals surface area (Å²) in [5, 5.41) is 2.84. The van der Waals surface area contributed by atoms with Crippen molar-refractivity contribution in [1.82, 2.24) is 10.2 Å². The third-order valence-electron chi connectivity index (χ3n) is 4.14. The molecule has 4 nitrogen and oxygen atoms in total. The van der Waals surface area contributed by atoms with Crippen molar-refractivity contribution in [2.45, 2.75) is 45.6 Å². The molecule has 1 aliphatic heterocycles. The zero-order valence-corrected chi connectivity index (χ0v) is 12.9. The summed E-state index contributed by atoms with van der Waals surface area (Å²) in [6.45, 7) is 5.26. The van der Waals surface area contributed by atoms with Crippen molar-refractivity contribution >= 4 is 11.8 Å². The molecular weight excluding hydrogens is 264 g/mol. The number of likely N-dealkylation sites (tertiary alicyclic amines) is 1. The Bertz CT molecular complexity index is 513. The van der Waals surface area contributed by atoms with Gasteiger partial charge in [0, 0.05) is 31.1 Å². The number of nitrogens with zero attached hydrogens (tertiary/aromatic N) is 1. The first-order valence-corrected chi connectivity index (χ1v) is 7.73. The van der Waals surface area contributed by atoms with Crippen LogP contribution in [0.15, 0.2) is 24.3 Å². The molecular formula is C17H24N2O2. The molecule has 1 aromatic rings. The Hall–Kier alpha value is -1.84. The maximum Gasteiger partial charge on any atom is 0.251 e. The Morgan fingerprint density at radius 2 is 2.05 bits per heavy atom. The summed E-state index contributed by atoms with van der Waals surface area (Å²) in [6.07, 6.45) is 3.75. The maximum atomic E-state index is 12.2. The molecule has 0 aliphatic carbocycles. The highest BCUT2D eigenvalue weighted by atomic mass is 16.2. The lowest BCUT2D eigenvalue weighted by atomic mass is 10.0. The molecule has 0 bridgehead atoms. The van der Waals surface area contributed by atoms with Gasteiger partial charge >= 0.3 is 0 Å². The van der Waals surface area contributed by atoms with Gasteiger partial charge in [0.2, 0.25) is 5.91 Å². The van der Waals surface area contributed by atoms with Crippen LogP contribution in [-0.2, 0) is 4.79 Å². The Balaban J connectivity index is 1.80. The normalized spacial score (nSPS) is 18.4. The largest absolute Gasteiger partial charge is 0.352 e. The smallest absolute Gasteiger partial charge is 0.251 e. The number of benzene rings is 1. The number of amides is 2. The Morgan fingerprint density at radius 3 is 2.76 bits per heavy atom. The number of carbonyl (C=O) groups excluding carboxylic acids is 2. The van der Waals surface area contributed by atoms with Gasteiger partial charge in [-0.15, -0.1) is 0 Å². The van der Waals surface area contributed by atoms with E-state index in [2.05, 4.69) is 12.2 Å². The van der Waals surface area contributed by atoms with Crippen LogP contribution in [0.2, 0.25) is 0 Å². The Morgan fingerprint density at radius 1 is 1.29 bits per heavy atom. The van der Waals surface area contributed by atoms with Gasteiger partial charge in [0.1, 0.15) is 0 Å². The highest BCUT2D eigenvalue weighted by molar-refractivity contribution is 5.95. The molecule has 1 unspecified atom stereocenters. The summed E-state index contributed by atoms with van der Waals surface area (Å²) in [4.78, 5) is 26.2. The van der Waals surface area contributed by atoms with Crippen LogP contribution in [0, 0.1) is 6.92 Å². The summed E-state index contributed by atoms with van der Waals surface area (Å²) in [6, 6.07) is 7.81. The molecule has 4 heteroatoms. The second-order valence-corrected chi connectivity index (χ2v) is 5.75. The minimum absolute atomic E-state index is 0.104. The van der Waals surface area contributed by atoms with E-state index < -0.39 is 0 Å².